The van der Waals surface area contributed by atoms with Gasteiger partial charge in [0.25, 0.3) is 0 Å². The van der Waals surface area contributed by atoms with Crippen molar-refractivity contribution in [3.63, 3.8) is 0 Å². The smallest absolute Gasteiger partial charge is 0.323 e. The lowest BCUT2D eigenvalue weighted by molar-refractivity contribution is -0.148. The predicted octanol–water partition coefficient (Wildman–Crippen LogP) is 2.09. The number of likely N-dealkylation sites (tertiary alicyclic amines) is 1. The van der Waals surface area contributed by atoms with Crippen molar-refractivity contribution in [1.82, 2.24) is 4.90 Å². The van der Waals surface area contributed by atoms with E-state index in [1.807, 2.05) is 12.1 Å². The Morgan fingerprint density at radius 2 is 2.24 bits per heavy atom. The molecule has 5 heteroatoms. The lowest BCUT2D eigenvalue weighted by atomic mass is 10.0. The van der Waals surface area contributed by atoms with Gasteiger partial charge in [-0.15, -0.1) is 0 Å². The van der Waals surface area contributed by atoms with Crippen LogP contribution in [0.15, 0.2) is 18.2 Å². The van der Waals surface area contributed by atoms with Gasteiger partial charge in [-0.25, -0.2) is 0 Å². The number of rotatable bonds is 4. The van der Waals surface area contributed by atoms with Crippen LogP contribution >= 0.6 is 0 Å². The largest absolute Gasteiger partial charge is 0.495 e. The van der Waals surface area contributed by atoms with Crippen LogP contribution in [0.3, 0.4) is 0 Å². The molecule has 0 amide bonds. The monoisotopic (exact) mass is 288 g/mol. The first-order valence-corrected chi connectivity index (χ1v) is 7.08. The highest BCUT2D eigenvalue weighted by molar-refractivity contribution is 5.75. The molecule has 1 unspecified atom stereocenters. The molecule has 1 aromatic carbocycles. The van der Waals surface area contributed by atoms with E-state index in [0.717, 1.165) is 31.4 Å². The summed E-state index contributed by atoms with van der Waals surface area (Å²) < 4.78 is 10.0. The van der Waals surface area contributed by atoms with E-state index in [9.17, 15) is 4.79 Å². The van der Waals surface area contributed by atoms with Crippen molar-refractivity contribution < 1.29 is 14.3 Å². The lowest BCUT2D eigenvalue weighted by Gasteiger charge is -2.33. The molecule has 1 heterocycles. The standard InChI is InChI=1S/C16H20N2O3/c1-20-15-7-6-12(9-13(15)10-17)11-18-8-4-3-5-14(18)16(19)21-2/h6-7,9,14H,3-5,8,11H2,1-2H3. The topological polar surface area (TPSA) is 62.6 Å². The fourth-order valence-electron chi connectivity index (χ4n) is 2.76. The summed E-state index contributed by atoms with van der Waals surface area (Å²) in [6.07, 6.45) is 2.95. The van der Waals surface area contributed by atoms with Crippen LogP contribution in [0.1, 0.15) is 30.4 Å². The van der Waals surface area contributed by atoms with Gasteiger partial charge in [0.1, 0.15) is 17.9 Å². The number of esters is 1. The maximum Gasteiger partial charge on any atom is 0.323 e. The average molecular weight is 288 g/mol. The number of nitrogens with zero attached hydrogens (tertiary/aromatic N) is 2. The summed E-state index contributed by atoms with van der Waals surface area (Å²) in [5, 5.41) is 9.14. The summed E-state index contributed by atoms with van der Waals surface area (Å²) in [7, 11) is 2.98. The minimum atomic E-state index is -0.184. The zero-order valence-corrected chi connectivity index (χ0v) is 12.5. The van der Waals surface area contributed by atoms with Crippen molar-refractivity contribution in [2.75, 3.05) is 20.8 Å². The van der Waals surface area contributed by atoms with E-state index in [4.69, 9.17) is 14.7 Å². The summed E-state index contributed by atoms with van der Waals surface area (Å²) in [6, 6.07) is 7.50. The number of hydrogen-bond donors (Lipinski definition) is 0. The van der Waals surface area contributed by atoms with Gasteiger partial charge >= 0.3 is 5.97 Å². The first-order valence-electron chi connectivity index (χ1n) is 7.08. The molecule has 0 saturated carbocycles. The number of carbonyl (C=O) groups is 1. The molecule has 0 radical (unpaired) electrons. The minimum Gasteiger partial charge on any atom is -0.495 e. The van der Waals surface area contributed by atoms with Crippen LogP contribution in [0.4, 0.5) is 0 Å². The third-order valence-electron chi connectivity index (χ3n) is 3.86. The van der Waals surface area contributed by atoms with Crippen LogP contribution in [0, 0.1) is 11.3 Å². The molecule has 1 saturated heterocycles. The lowest BCUT2D eigenvalue weighted by Crippen LogP contribution is -2.44. The molecule has 1 aliphatic rings. The first-order chi connectivity index (χ1) is 10.2. The van der Waals surface area contributed by atoms with E-state index in [-0.39, 0.29) is 12.0 Å². The molecule has 2 rings (SSSR count). The molecule has 0 aromatic heterocycles. The predicted molar refractivity (Wildman–Crippen MR) is 77.8 cm³/mol. The van der Waals surface area contributed by atoms with Crippen LogP contribution < -0.4 is 4.74 Å². The number of hydrogen-bond acceptors (Lipinski definition) is 5. The highest BCUT2D eigenvalue weighted by Crippen LogP contribution is 2.23. The third kappa shape index (κ3) is 3.53. The van der Waals surface area contributed by atoms with Gasteiger partial charge in [-0.05, 0) is 37.1 Å². The van der Waals surface area contributed by atoms with Crippen molar-refractivity contribution in [3.05, 3.63) is 29.3 Å². The maximum absolute atomic E-state index is 11.9. The maximum atomic E-state index is 11.9. The Morgan fingerprint density at radius 1 is 1.43 bits per heavy atom. The number of carbonyl (C=O) groups excluding carboxylic acids is 1. The molecule has 1 aromatic rings. The third-order valence-corrected chi connectivity index (χ3v) is 3.86. The molecular formula is C16H20N2O3. The van der Waals surface area contributed by atoms with E-state index < -0.39 is 0 Å². The highest BCUT2D eigenvalue weighted by Gasteiger charge is 2.29. The second kappa shape index (κ2) is 7.09. The number of nitriles is 1. The van der Waals surface area contributed by atoms with Crippen LogP contribution in [0.2, 0.25) is 0 Å². The SMILES string of the molecule is COC(=O)C1CCCCN1Cc1ccc(OC)c(C#N)c1. The molecule has 0 N–H and O–H groups in total. The Hall–Kier alpha value is -2.06. The van der Waals surface area contributed by atoms with Gasteiger partial charge in [0, 0.05) is 6.54 Å². The number of piperidine rings is 1. The summed E-state index contributed by atoms with van der Waals surface area (Å²) in [5.74, 6) is 0.396. The van der Waals surface area contributed by atoms with E-state index in [0.29, 0.717) is 17.9 Å². The highest BCUT2D eigenvalue weighted by atomic mass is 16.5. The molecule has 0 spiro atoms. The second-order valence-electron chi connectivity index (χ2n) is 5.15. The van der Waals surface area contributed by atoms with Gasteiger partial charge in [-0.1, -0.05) is 12.5 Å². The van der Waals surface area contributed by atoms with Gasteiger partial charge < -0.3 is 9.47 Å². The van der Waals surface area contributed by atoms with E-state index in [1.54, 1.807) is 13.2 Å². The Bertz CT molecular complexity index is 551. The fourth-order valence-corrected chi connectivity index (χ4v) is 2.76. The van der Waals surface area contributed by atoms with Crippen LogP contribution in [-0.2, 0) is 16.1 Å². The van der Waals surface area contributed by atoms with Crippen molar-refractivity contribution in [2.24, 2.45) is 0 Å². The van der Waals surface area contributed by atoms with Crippen molar-refractivity contribution >= 4 is 5.97 Å². The Labute approximate surface area is 125 Å². The van der Waals surface area contributed by atoms with Gasteiger partial charge in [-0.2, -0.15) is 5.26 Å². The van der Waals surface area contributed by atoms with Crippen LogP contribution in [0.5, 0.6) is 5.75 Å². The minimum absolute atomic E-state index is 0.177. The quantitative estimate of drug-likeness (QED) is 0.794. The number of ether oxygens (including phenoxy) is 2. The molecule has 1 atom stereocenters. The normalized spacial score (nSPS) is 18.8. The van der Waals surface area contributed by atoms with Crippen LogP contribution in [-0.4, -0.2) is 37.7 Å². The molecule has 0 aliphatic carbocycles. The summed E-state index contributed by atoms with van der Waals surface area (Å²) in [4.78, 5) is 14.0. The van der Waals surface area contributed by atoms with E-state index >= 15 is 0 Å². The molecule has 112 valence electrons. The molecule has 1 aliphatic heterocycles. The second-order valence-corrected chi connectivity index (χ2v) is 5.15. The molecule has 21 heavy (non-hydrogen) atoms. The van der Waals surface area contributed by atoms with Crippen molar-refractivity contribution in [2.45, 2.75) is 31.8 Å². The number of methoxy groups -OCH3 is 2. The Morgan fingerprint density at radius 3 is 2.90 bits per heavy atom. The summed E-state index contributed by atoms with van der Waals surface area (Å²) in [6.45, 7) is 1.51. The van der Waals surface area contributed by atoms with Gasteiger partial charge in [-0.3, -0.25) is 9.69 Å². The zero-order chi connectivity index (χ0) is 15.2. The number of benzene rings is 1. The van der Waals surface area contributed by atoms with Gasteiger partial charge in [0.15, 0.2) is 0 Å². The van der Waals surface area contributed by atoms with Crippen LogP contribution in [0.25, 0.3) is 0 Å². The molecule has 5 nitrogen and oxygen atoms in total. The first kappa shape index (κ1) is 15.3. The van der Waals surface area contributed by atoms with Crippen molar-refractivity contribution in [1.29, 1.82) is 5.26 Å². The Kier molecular flexibility index (Phi) is 5.18. The zero-order valence-electron chi connectivity index (χ0n) is 12.5. The Balaban J connectivity index is 2.16. The van der Waals surface area contributed by atoms with Crippen molar-refractivity contribution in [3.8, 4) is 11.8 Å². The molecule has 1 fully saturated rings. The van der Waals surface area contributed by atoms with Gasteiger partial charge in [0.2, 0.25) is 0 Å². The van der Waals surface area contributed by atoms with E-state index in [1.165, 1.54) is 7.11 Å². The van der Waals surface area contributed by atoms with E-state index in [2.05, 4.69) is 11.0 Å². The summed E-state index contributed by atoms with van der Waals surface area (Å²) in [5.41, 5.74) is 1.52. The molecule has 0 bridgehead atoms. The molecular weight excluding hydrogens is 268 g/mol. The average Bonchev–Trinajstić information content (AvgIpc) is 2.54. The summed E-state index contributed by atoms with van der Waals surface area (Å²) >= 11 is 0. The van der Waals surface area contributed by atoms with Gasteiger partial charge in [0.05, 0.1) is 19.8 Å². The fraction of sp³-hybridized carbons (Fsp3) is 0.500.